The van der Waals surface area contributed by atoms with Crippen molar-refractivity contribution in [2.24, 2.45) is 7.05 Å². The number of aliphatic hydroxyl groups is 1. The predicted octanol–water partition coefficient (Wildman–Crippen LogP) is 2.73. The lowest BCUT2D eigenvalue weighted by atomic mass is 9.76. The number of rotatable bonds is 4. The number of nitrogens with zero attached hydrogens (tertiary/aromatic N) is 5. The van der Waals surface area contributed by atoms with E-state index in [-0.39, 0.29) is 18.6 Å². The second-order valence-corrected chi connectivity index (χ2v) is 10.2. The smallest absolute Gasteiger partial charge is 0.274 e. The number of imidazole rings is 1. The summed E-state index contributed by atoms with van der Waals surface area (Å²) in [6.07, 6.45) is 6.05. The molecular formula is C28H32N6O3. The first-order valence-corrected chi connectivity index (χ1v) is 12.7. The van der Waals surface area contributed by atoms with Gasteiger partial charge in [0.1, 0.15) is 11.3 Å². The Hall–Kier alpha value is -3.53. The van der Waals surface area contributed by atoms with Crippen LogP contribution in [0.2, 0.25) is 0 Å². The van der Waals surface area contributed by atoms with Crippen molar-refractivity contribution in [2.45, 2.75) is 44.1 Å². The fourth-order valence-electron chi connectivity index (χ4n) is 5.76. The lowest BCUT2D eigenvalue weighted by Gasteiger charge is -2.48. The predicted molar refractivity (Wildman–Crippen MR) is 139 cm³/mol. The molecule has 2 N–H and O–H groups in total. The van der Waals surface area contributed by atoms with Crippen molar-refractivity contribution in [3.63, 3.8) is 0 Å². The number of hydrogen-bond donors (Lipinski definition) is 2. The molecule has 2 aliphatic rings. The Morgan fingerprint density at radius 3 is 2.78 bits per heavy atom. The van der Waals surface area contributed by atoms with Crippen LogP contribution in [-0.2, 0) is 24.8 Å². The van der Waals surface area contributed by atoms with Gasteiger partial charge in [0.2, 0.25) is 0 Å². The third-order valence-corrected chi connectivity index (χ3v) is 8.11. The van der Waals surface area contributed by atoms with Crippen molar-refractivity contribution in [3.8, 4) is 11.3 Å². The number of nitrogens with one attached hydrogen (secondary N) is 1. The molecule has 0 aliphatic carbocycles. The van der Waals surface area contributed by atoms with E-state index in [0.29, 0.717) is 24.3 Å². The van der Waals surface area contributed by atoms with Gasteiger partial charge in [-0.15, -0.1) is 0 Å². The molecule has 0 bridgehead atoms. The van der Waals surface area contributed by atoms with E-state index in [1.54, 1.807) is 24.4 Å². The Bertz CT molecular complexity index is 1480. The summed E-state index contributed by atoms with van der Waals surface area (Å²) in [5, 5.41) is 19.1. The monoisotopic (exact) mass is 500 g/mol. The third-order valence-electron chi connectivity index (χ3n) is 8.11. The zero-order valence-corrected chi connectivity index (χ0v) is 21.4. The minimum atomic E-state index is -0.670. The zero-order chi connectivity index (χ0) is 25.7. The van der Waals surface area contributed by atoms with Crippen LogP contribution in [0, 0.1) is 0 Å². The summed E-state index contributed by atoms with van der Waals surface area (Å²) in [6.45, 7) is 3.52. The number of amides is 1. The van der Waals surface area contributed by atoms with Gasteiger partial charge in [-0.1, -0.05) is 24.3 Å². The number of methoxy groups -OCH3 is 1. The Kier molecular flexibility index (Phi) is 5.86. The molecule has 4 aromatic rings. The highest BCUT2D eigenvalue weighted by Gasteiger charge is 2.45. The molecule has 0 radical (unpaired) electrons. The Morgan fingerprint density at radius 2 is 2.05 bits per heavy atom. The highest BCUT2D eigenvalue weighted by molar-refractivity contribution is 5.93. The van der Waals surface area contributed by atoms with E-state index >= 15 is 0 Å². The van der Waals surface area contributed by atoms with Crippen LogP contribution in [0.25, 0.3) is 16.9 Å². The average molecular weight is 501 g/mol. The molecule has 1 amide bonds. The maximum absolute atomic E-state index is 13.6. The molecule has 192 valence electrons. The van der Waals surface area contributed by atoms with E-state index in [4.69, 9.17) is 9.72 Å². The molecule has 2 aliphatic heterocycles. The van der Waals surface area contributed by atoms with Crippen LogP contribution >= 0.6 is 0 Å². The Morgan fingerprint density at radius 1 is 1.24 bits per heavy atom. The molecule has 1 aromatic carbocycles. The van der Waals surface area contributed by atoms with Crippen molar-refractivity contribution in [1.29, 1.82) is 0 Å². The van der Waals surface area contributed by atoms with Crippen LogP contribution < -0.4 is 5.32 Å². The van der Waals surface area contributed by atoms with Crippen LogP contribution in [0.15, 0.2) is 55.0 Å². The summed E-state index contributed by atoms with van der Waals surface area (Å²) >= 11 is 0. The molecule has 1 spiro atoms. The molecule has 37 heavy (non-hydrogen) atoms. The van der Waals surface area contributed by atoms with E-state index in [0.717, 1.165) is 29.8 Å². The first-order chi connectivity index (χ1) is 17.9. The van der Waals surface area contributed by atoms with Gasteiger partial charge in [-0.05, 0) is 43.0 Å². The molecule has 6 rings (SSSR count). The molecule has 3 aromatic heterocycles. The topological polar surface area (TPSA) is 96.9 Å². The van der Waals surface area contributed by atoms with Gasteiger partial charge in [-0.25, -0.2) is 4.98 Å². The van der Waals surface area contributed by atoms with Crippen LogP contribution in [0.1, 0.15) is 46.6 Å². The second kappa shape index (κ2) is 9.09. The number of carbonyl (C=O) groups is 1. The number of benzene rings is 1. The molecule has 9 nitrogen and oxygen atoms in total. The zero-order valence-electron chi connectivity index (χ0n) is 21.4. The molecule has 0 unspecified atom stereocenters. The van der Waals surface area contributed by atoms with Gasteiger partial charge < -0.3 is 24.5 Å². The summed E-state index contributed by atoms with van der Waals surface area (Å²) in [4.78, 5) is 20.0. The number of pyridine rings is 1. The summed E-state index contributed by atoms with van der Waals surface area (Å²) in [6, 6.07) is 12.4. The quantitative estimate of drug-likeness (QED) is 0.447. The maximum atomic E-state index is 13.6. The van der Waals surface area contributed by atoms with Crippen molar-refractivity contribution in [3.05, 3.63) is 77.4 Å². The van der Waals surface area contributed by atoms with Crippen molar-refractivity contribution < 1.29 is 14.6 Å². The van der Waals surface area contributed by atoms with Crippen LogP contribution in [0.4, 0.5) is 0 Å². The number of aliphatic hydroxyl groups excluding tert-OH is 1. The summed E-state index contributed by atoms with van der Waals surface area (Å²) < 4.78 is 9.33. The van der Waals surface area contributed by atoms with E-state index < -0.39 is 11.6 Å². The Balaban J connectivity index is 1.28. The molecule has 9 heteroatoms. The number of carbonyl (C=O) groups excluding carboxylic acids is 1. The van der Waals surface area contributed by atoms with Gasteiger partial charge in [-0.3, -0.25) is 9.48 Å². The molecule has 5 heterocycles. The van der Waals surface area contributed by atoms with Gasteiger partial charge in [-0.2, -0.15) is 5.10 Å². The number of β-amino-alcohol motifs (C(OH)–C–C–N with tert-alkyl or cyclic N) is 1. The van der Waals surface area contributed by atoms with Gasteiger partial charge in [0.05, 0.1) is 23.4 Å². The average Bonchev–Trinajstić information content (AvgIpc) is 3.55. The van der Waals surface area contributed by atoms with E-state index in [1.165, 1.54) is 11.1 Å². The van der Waals surface area contributed by atoms with Gasteiger partial charge in [0, 0.05) is 63.5 Å². The third kappa shape index (κ3) is 4.03. The number of likely N-dealkylation sites (tertiary alicyclic amines) is 1. The van der Waals surface area contributed by atoms with Crippen LogP contribution in [0.3, 0.4) is 0 Å². The highest BCUT2D eigenvalue weighted by atomic mass is 16.5. The number of ether oxygens (including phenoxy) is 1. The van der Waals surface area contributed by atoms with Crippen LogP contribution in [-0.4, -0.2) is 66.9 Å². The standard InChI is InChI=1S/C28H32N6O3/c1-18(37-3)22-12-21(24-8-10-30-32(24)2)15-34-16-23(31-26(22)34)27(36)33-11-9-28(25(35)17-33)13-19-6-4-5-7-20(19)14-29-28/h4-8,10,12,15-16,18,25,29,35H,9,11,13-14,17H2,1-3H3/t18-,25-,28+/m1/s1. The fourth-order valence-corrected chi connectivity index (χ4v) is 5.76. The second-order valence-electron chi connectivity index (χ2n) is 10.2. The normalized spacial score (nSPS) is 22.4. The number of fused-ring (bicyclic) bond motifs is 2. The first-order valence-electron chi connectivity index (χ1n) is 12.7. The van der Waals surface area contributed by atoms with Crippen molar-refractivity contribution in [2.75, 3.05) is 20.2 Å². The summed E-state index contributed by atoms with van der Waals surface area (Å²) in [5.74, 6) is -0.174. The Labute approximate surface area is 215 Å². The molecule has 0 saturated carbocycles. The first kappa shape index (κ1) is 23.8. The number of aromatic nitrogens is 4. The minimum Gasteiger partial charge on any atom is -0.389 e. The molecule has 1 saturated heterocycles. The summed E-state index contributed by atoms with van der Waals surface area (Å²) in [7, 11) is 3.56. The van der Waals surface area contributed by atoms with E-state index in [1.807, 2.05) is 53.5 Å². The highest BCUT2D eigenvalue weighted by Crippen LogP contribution is 2.33. The number of aryl methyl sites for hydroxylation is 1. The number of hydrogen-bond acceptors (Lipinski definition) is 6. The van der Waals surface area contributed by atoms with Crippen molar-refractivity contribution in [1.82, 2.24) is 29.4 Å². The van der Waals surface area contributed by atoms with Gasteiger partial charge >= 0.3 is 0 Å². The maximum Gasteiger partial charge on any atom is 0.274 e. The SMILES string of the molecule is CO[C@H](C)c1cc(-c2ccnn2C)cn2cc(C(=O)N3CC[C@]4(Cc5ccccc5CN4)[C@H](O)C3)nc12. The molecular weight excluding hydrogens is 468 g/mol. The molecule has 1 fully saturated rings. The minimum absolute atomic E-state index is 0.174. The molecule has 3 atom stereocenters. The van der Waals surface area contributed by atoms with Gasteiger partial charge in [0.25, 0.3) is 5.91 Å². The lowest BCUT2D eigenvalue weighted by molar-refractivity contribution is -0.0140. The van der Waals surface area contributed by atoms with Gasteiger partial charge in [0.15, 0.2) is 0 Å². The largest absolute Gasteiger partial charge is 0.389 e. The van der Waals surface area contributed by atoms with Crippen molar-refractivity contribution >= 4 is 11.6 Å². The van der Waals surface area contributed by atoms with E-state index in [9.17, 15) is 9.90 Å². The lowest BCUT2D eigenvalue weighted by Crippen LogP contribution is -2.65. The fraction of sp³-hybridized carbons (Fsp3) is 0.393. The van der Waals surface area contributed by atoms with Crippen LogP contribution in [0.5, 0.6) is 0 Å². The summed E-state index contributed by atoms with van der Waals surface area (Å²) in [5.41, 5.74) is 5.98. The number of piperidine rings is 1. The van der Waals surface area contributed by atoms with E-state index in [2.05, 4.69) is 22.5 Å².